The van der Waals surface area contributed by atoms with E-state index in [4.69, 9.17) is 0 Å². The number of rotatable bonds is 4. The highest BCUT2D eigenvalue weighted by atomic mass is 16.4. The standard InChI is InChI=1S/C16H25NO3/c1-2-7-12-8-5-6-11-17(12)15(18)13-9-3-4-10-14(13)16(19)20/h3-4,12-14H,2,5-11H2,1H3,(H,19,20)/t12?,13-,14+/m1/s1. The van der Waals surface area contributed by atoms with E-state index in [1.165, 1.54) is 6.42 Å². The summed E-state index contributed by atoms with van der Waals surface area (Å²) in [5.74, 6) is -1.68. The van der Waals surface area contributed by atoms with Gasteiger partial charge in [0.15, 0.2) is 0 Å². The van der Waals surface area contributed by atoms with Crippen molar-refractivity contribution in [2.45, 2.75) is 57.9 Å². The van der Waals surface area contributed by atoms with Crippen LogP contribution in [0.2, 0.25) is 0 Å². The van der Waals surface area contributed by atoms with Gasteiger partial charge in [-0.05, 0) is 38.5 Å². The minimum Gasteiger partial charge on any atom is -0.481 e. The summed E-state index contributed by atoms with van der Waals surface area (Å²) in [6.45, 7) is 2.94. The molecular formula is C16H25NO3. The molecule has 0 aromatic rings. The molecule has 2 aliphatic rings. The lowest BCUT2D eigenvalue weighted by molar-refractivity contribution is -0.152. The number of aliphatic carboxylic acids is 1. The number of hydrogen-bond acceptors (Lipinski definition) is 2. The third-order valence-corrected chi connectivity index (χ3v) is 4.60. The largest absolute Gasteiger partial charge is 0.481 e. The predicted molar refractivity (Wildman–Crippen MR) is 77.2 cm³/mol. The Bertz CT molecular complexity index is 389. The average molecular weight is 279 g/mol. The van der Waals surface area contributed by atoms with Gasteiger partial charge in [0.1, 0.15) is 0 Å². The average Bonchev–Trinajstić information content (AvgIpc) is 2.47. The van der Waals surface area contributed by atoms with Crippen LogP contribution in [0.4, 0.5) is 0 Å². The molecule has 1 aliphatic carbocycles. The first-order chi connectivity index (χ1) is 9.65. The quantitative estimate of drug-likeness (QED) is 0.805. The van der Waals surface area contributed by atoms with Crippen LogP contribution in [0.3, 0.4) is 0 Å². The fraction of sp³-hybridized carbons (Fsp3) is 0.750. The van der Waals surface area contributed by atoms with Gasteiger partial charge in [-0.15, -0.1) is 0 Å². The van der Waals surface area contributed by atoms with Crippen LogP contribution in [0.15, 0.2) is 12.2 Å². The molecule has 1 N–H and O–H groups in total. The molecule has 1 fully saturated rings. The number of nitrogens with zero attached hydrogens (tertiary/aromatic N) is 1. The Balaban J connectivity index is 2.11. The zero-order valence-electron chi connectivity index (χ0n) is 12.3. The number of amides is 1. The Morgan fingerprint density at radius 3 is 2.55 bits per heavy atom. The molecule has 1 saturated heterocycles. The minimum atomic E-state index is -0.836. The number of carbonyl (C=O) groups excluding carboxylic acids is 1. The van der Waals surface area contributed by atoms with E-state index >= 15 is 0 Å². The summed E-state index contributed by atoms with van der Waals surface area (Å²) in [5.41, 5.74) is 0. The topological polar surface area (TPSA) is 57.6 Å². The fourth-order valence-corrected chi connectivity index (χ4v) is 3.50. The van der Waals surface area contributed by atoms with Crippen molar-refractivity contribution >= 4 is 11.9 Å². The van der Waals surface area contributed by atoms with Crippen LogP contribution in [0, 0.1) is 11.8 Å². The zero-order chi connectivity index (χ0) is 14.5. The molecule has 1 heterocycles. The summed E-state index contributed by atoms with van der Waals surface area (Å²) in [6.07, 6.45) is 10.3. The molecule has 1 amide bonds. The summed E-state index contributed by atoms with van der Waals surface area (Å²) in [4.78, 5) is 26.1. The summed E-state index contributed by atoms with van der Waals surface area (Å²) in [6, 6.07) is 0.321. The molecule has 0 radical (unpaired) electrons. The summed E-state index contributed by atoms with van der Waals surface area (Å²) >= 11 is 0. The van der Waals surface area contributed by atoms with E-state index in [1.807, 2.05) is 17.1 Å². The van der Waals surface area contributed by atoms with Crippen LogP contribution in [0.1, 0.15) is 51.9 Å². The Morgan fingerprint density at radius 2 is 1.90 bits per heavy atom. The summed E-state index contributed by atoms with van der Waals surface area (Å²) in [5, 5.41) is 9.32. The van der Waals surface area contributed by atoms with Crippen molar-refractivity contribution in [3.05, 3.63) is 12.2 Å². The van der Waals surface area contributed by atoms with Gasteiger partial charge in [-0.2, -0.15) is 0 Å². The molecule has 112 valence electrons. The summed E-state index contributed by atoms with van der Waals surface area (Å²) in [7, 11) is 0. The van der Waals surface area contributed by atoms with E-state index in [9.17, 15) is 14.7 Å². The van der Waals surface area contributed by atoms with Gasteiger partial charge in [-0.3, -0.25) is 9.59 Å². The van der Waals surface area contributed by atoms with Gasteiger partial charge < -0.3 is 10.0 Å². The first kappa shape index (κ1) is 15.1. The lowest BCUT2D eigenvalue weighted by Gasteiger charge is -2.39. The highest BCUT2D eigenvalue weighted by Crippen LogP contribution is 2.31. The van der Waals surface area contributed by atoms with Crippen LogP contribution < -0.4 is 0 Å². The Labute approximate surface area is 120 Å². The second kappa shape index (κ2) is 6.91. The molecular weight excluding hydrogens is 254 g/mol. The molecule has 0 aromatic heterocycles. The first-order valence-electron chi connectivity index (χ1n) is 7.83. The highest BCUT2D eigenvalue weighted by molar-refractivity contribution is 5.85. The third kappa shape index (κ3) is 3.22. The highest BCUT2D eigenvalue weighted by Gasteiger charge is 2.38. The maximum absolute atomic E-state index is 12.8. The van der Waals surface area contributed by atoms with Crippen molar-refractivity contribution in [3.8, 4) is 0 Å². The molecule has 1 unspecified atom stereocenters. The monoisotopic (exact) mass is 279 g/mol. The first-order valence-corrected chi connectivity index (χ1v) is 7.83. The van der Waals surface area contributed by atoms with Gasteiger partial charge >= 0.3 is 5.97 Å². The molecule has 3 atom stereocenters. The predicted octanol–water partition coefficient (Wildman–Crippen LogP) is 2.83. The third-order valence-electron chi connectivity index (χ3n) is 4.60. The molecule has 0 bridgehead atoms. The summed E-state index contributed by atoms with van der Waals surface area (Å²) < 4.78 is 0. The fourth-order valence-electron chi connectivity index (χ4n) is 3.50. The molecule has 1 aliphatic heterocycles. The Hall–Kier alpha value is -1.32. The van der Waals surface area contributed by atoms with Gasteiger partial charge in [-0.1, -0.05) is 25.5 Å². The number of piperidine rings is 1. The van der Waals surface area contributed by atoms with Crippen molar-refractivity contribution < 1.29 is 14.7 Å². The van der Waals surface area contributed by atoms with Gasteiger partial charge in [0.25, 0.3) is 0 Å². The van der Waals surface area contributed by atoms with Gasteiger partial charge in [0.2, 0.25) is 5.91 Å². The van der Waals surface area contributed by atoms with Crippen molar-refractivity contribution in [1.82, 2.24) is 4.90 Å². The van der Waals surface area contributed by atoms with Crippen molar-refractivity contribution in [2.24, 2.45) is 11.8 Å². The van der Waals surface area contributed by atoms with E-state index in [1.54, 1.807) is 0 Å². The number of allylic oxidation sites excluding steroid dienone is 2. The number of carbonyl (C=O) groups is 2. The lowest BCUT2D eigenvalue weighted by atomic mass is 9.81. The minimum absolute atomic E-state index is 0.0694. The molecule has 0 saturated carbocycles. The maximum Gasteiger partial charge on any atom is 0.307 e. The number of likely N-dealkylation sites (tertiary alicyclic amines) is 1. The number of carboxylic acid groups (broad SMARTS) is 1. The maximum atomic E-state index is 12.8. The SMILES string of the molecule is CCCC1CCCCN1C(=O)[C@@H]1CC=CC[C@@H]1C(=O)O. The Morgan fingerprint density at radius 1 is 1.20 bits per heavy atom. The molecule has 4 heteroatoms. The number of carboxylic acids is 1. The molecule has 0 spiro atoms. The Kier molecular flexibility index (Phi) is 5.21. The smallest absolute Gasteiger partial charge is 0.307 e. The molecule has 20 heavy (non-hydrogen) atoms. The normalized spacial score (nSPS) is 30.2. The van der Waals surface area contributed by atoms with Gasteiger partial charge in [-0.25, -0.2) is 0 Å². The molecule has 2 rings (SSSR count). The van der Waals surface area contributed by atoms with Crippen molar-refractivity contribution in [2.75, 3.05) is 6.54 Å². The lowest BCUT2D eigenvalue weighted by Crippen LogP contribution is -2.49. The van der Waals surface area contributed by atoms with Crippen LogP contribution in [-0.4, -0.2) is 34.5 Å². The van der Waals surface area contributed by atoms with E-state index in [0.717, 1.165) is 32.2 Å². The van der Waals surface area contributed by atoms with Crippen molar-refractivity contribution in [3.63, 3.8) is 0 Å². The van der Waals surface area contributed by atoms with E-state index in [0.29, 0.717) is 18.9 Å². The molecule has 4 nitrogen and oxygen atoms in total. The van der Waals surface area contributed by atoms with Gasteiger partial charge in [0.05, 0.1) is 11.8 Å². The van der Waals surface area contributed by atoms with E-state index in [2.05, 4.69) is 6.92 Å². The van der Waals surface area contributed by atoms with Crippen LogP contribution in [0.25, 0.3) is 0 Å². The second-order valence-electron chi connectivity index (χ2n) is 5.96. The molecule has 0 aromatic carbocycles. The van der Waals surface area contributed by atoms with Crippen LogP contribution in [0.5, 0.6) is 0 Å². The second-order valence-corrected chi connectivity index (χ2v) is 5.96. The van der Waals surface area contributed by atoms with E-state index in [-0.39, 0.29) is 11.8 Å². The number of hydrogen-bond donors (Lipinski definition) is 1. The van der Waals surface area contributed by atoms with E-state index < -0.39 is 11.9 Å². The van der Waals surface area contributed by atoms with Gasteiger partial charge in [0, 0.05) is 12.6 Å². The van der Waals surface area contributed by atoms with Crippen LogP contribution >= 0.6 is 0 Å². The zero-order valence-corrected chi connectivity index (χ0v) is 12.3. The van der Waals surface area contributed by atoms with Crippen molar-refractivity contribution in [1.29, 1.82) is 0 Å². The van der Waals surface area contributed by atoms with Crippen LogP contribution in [-0.2, 0) is 9.59 Å².